The number of aryl methyl sites for hydroxylation is 2. The van der Waals surface area contributed by atoms with Crippen LogP contribution in [0.1, 0.15) is 16.7 Å². The molecule has 4 heteroatoms. The first-order valence-corrected chi connectivity index (χ1v) is 9.28. The molecule has 0 aromatic heterocycles. The molecule has 0 fully saturated rings. The quantitative estimate of drug-likeness (QED) is 0.520. The van der Waals surface area contributed by atoms with Gasteiger partial charge in [0.2, 0.25) is 0 Å². The van der Waals surface area contributed by atoms with Gasteiger partial charge in [-0.05, 0) is 59.9 Å². The highest BCUT2D eigenvalue weighted by molar-refractivity contribution is 5.43. The van der Waals surface area contributed by atoms with Gasteiger partial charge in [0, 0.05) is 0 Å². The van der Waals surface area contributed by atoms with E-state index in [1.54, 1.807) is 21.3 Å². The maximum atomic E-state index is 6.11. The monoisotopic (exact) mass is 378 g/mol. The van der Waals surface area contributed by atoms with Crippen LogP contribution in [-0.4, -0.2) is 21.3 Å². The first kappa shape index (κ1) is 19.6. The van der Waals surface area contributed by atoms with Crippen molar-refractivity contribution in [3.05, 3.63) is 83.4 Å². The molecule has 3 aromatic rings. The molecule has 3 aromatic carbocycles. The van der Waals surface area contributed by atoms with Crippen molar-refractivity contribution in [2.75, 3.05) is 21.3 Å². The second-order valence-electron chi connectivity index (χ2n) is 6.44. The van der Waals surface area contributed by atoms with Crippen LogP contribution in [0.4, 0.5) is 0 Å². The number of ether oxygens (including phenoxy) is 4. The molecule has 0 radical (unpaired) electrons. The van der Waals surface area contributed by atoms with Crippen molar-refractivity contribution in [1.82, 2.24) is 0 Å². The zero-order valence-corrected chi connectivity index (χ0v) is 16.6. The highest BCUT2D eigenvalue weighted by Crippen LogP contribution is 2.28. The number of methoxy groups -OCH3 is 3. The molecule has 0 bridgehead atoms. The predicted molar refractivity (Wildman–Crippen MR) is 111 cm³/mol. The summed E-state index contributed by atoms with van der Waals surface area (Å²) in [6, 6.07) is 22.2. The summed E-state index contributed by atoms with van der Waals surface area (Å²) in [5.41, 5.74) is 3.46. The van der Waals surface area contributed by atoms with Crippen molar-refractivity contribution in [1.29, 1.82) is 0 Å². The van der Waals surface area contributed by atoms with Gasteiger partial charge in [0.25, 0.3) is 0 Å². The van der Waals surface area contributed by atoms with Crippen LogP contribution in [0.15, 0.2) is 66.7 Å². The van der Waals surface area contributed by atoms with Crippen molar-refractivity contribution in [2.24, 2.45) is 0 Å². The van der Waals surface area contributed by atoms with Gasteiger partial charge in [0.1, 0.15) is 18.1 Å². The highest BCUT2D eigenvalue weighted by atomic mass is 16.5. The minimum atomic E-state index is 0.469. The lowest BCUT2D eigenvalue weighted by Crippen LogP contribution is -2.01. The van der Waals surface area contributed by atoms with Crippen molar-refractivity contribution in [3.8, 4) is 23.0 Å². The summed E-state index contributed by atoms with van der Waals surface area (Å²) in [7, 11) is 4.96. The van der Waals surface area contributed by atoms with E-state index in [9.17, 15) is 0 Å². The van der Waals surface area contributed by atoms with Crippen LogP contribution < -0.4 is 18.9 Å². The summed E-state index contributed by atoms with van der Waals surface area (Å²) in [5.74, 6) is 3.20. The van der Waals surface area contributed by atoms with Crippen LogP contribution >= 0.6 is 0 Å². The predicted octanol–water partition coefficient (Wildman–Crippen LogP) is 5.08. The third-order valence-electron chi connectivity index (χ3n) is 4.63. The molecule has 0 aliphatic heterocycles. The van der Waals surface area contributed by atoms with E-state index >= 15 is 0 Å². The second kappa shape index (κ2) is 9.70. The smallest absolute Gasteiger partial charge is 0.161 e. The van der Waals surface area contributed by atoms with Gasteiger partial charge in [-0.1, -0.05) is 36.4 Å². The average Bonchev–Trinajstić information content (AvgIpc) is 2.76. The van der Waals surface area contributed by atoms with Gasteiger partial charge in [-0.25, -0.2) is 0 Å². The standard InChI is InChI=1S/C24H26O4/c1-25-21-9-6-7-18(15-21)11-13-20-8-4-5-10-22(20)28-17-19-12-14-23(26-2)24(16-19)27-3/h4-10,12,14-16H,11,13,17H2,1-3H3. The Morgan fingerprint density at radius 1 is 0.607 bits per heavy atom. The topological polar surface area (TPSA) is 36.9 Å². The van der Waals surface area contributed by atoms with Crippen LogP contribution in [0.3, 0.4) is 0 Å². The zero-order valence-electron chi connectivity index (χ0n) is 16.6. The second-order valence-corrected chi connectivity index (χ2v) is 6.44. The van der Waals surface area contributed by atoms with E-state index in [0.29, 0.717) is 18.1 Å². The normalized spacial score (nSPS) is 10.4. The summed E-state index contributed by atoms with van der Waals surface area (Å²) < 4.78 is 22.1. The Morgan fingerprint density at radius 2 is 1.43 bits per heavy atom. The summed E-state index contributed by atoms with van der Waals surface area (Å²) in [5, 5.41) is 0. The fourth-order valence-corrected chi connectivity index (χ4v) is 3.09. The Kier molecular flexibility index (Phi) is 6.79. The summed E-state index contributed by atoms with van der Waals surface area (Å²) in [6.45, 7) is 0.469. The number of para-hydroxylation sites is 1. The Balaban J connectivity index is 1.67. The maximum absolute atomic E-state index is 6.11. The molecule has 146 valence electrons. The summed E-state index contributed by atoms with van der Waals surface area (Å²) in [4.78, 5) is 0. The Bertz CT molecular complexity index is 905. The molecule has 0 amide bonds. The first-order chi connectivity index (χ1) is 13.7. The molecule has 0 aliphatic carbocycles. The van der Waals surface area contributed by atoms with Gasteiger partial charge in [0.15, 0.2) is 11.5 Å². The molecule has 0 unspecified atom stereocenters. The average molecular weight is 378 g/mol. The van der Waals surface area contributed by atoms with E-state index in [0.717, 1.165) is 29.9 Å². The lowest BCUT2D eigenvalue weighted by atomic mass is 10.0. The van der Waals surface area contributed by atoms with Gasteiger partial charge >= 0.3 is 0 Å². The molecule has 0 atom stereocenters. The number of benzene rings is 3. The lowest BCUT2D eigenvalue weighted by Gasteiger charge is -2.13. The van der Waals surface area contributed by atoms with Crippen LogP contribution in [-0.2, 0) is 19.4 Å². The minimum absolute atomic E-state index is 0.469. The van der Waals surface area contributed by atoms with E-state index in [2.05, 4.69) is 18.2 Å². The van der Waals surface area contributed by atoms with E-state index in [1.165, 1.54) is 11.1 Å². The van der Waals surface area contributed by atoms with E-state index in [4.69, 9.17) is 18.9 Å². The van der Waals surface area contributed by atoms with Gasteiger partial charge in [-0.3, -0.25) is 0 Å². The van der Waals surface area contributed by atoms with Crippen molar-refractivity contribution in [3.63, 3.8) is 0 Å². The molecule has 0 aliphatic rings. The fourth-order valence-electron chi connectivity index (χ4n) is 3.09. The van der Waals surface area contributed by atoms with Gasteiger partial charge in [0.05, 0.1) is 21.3 Å². The molecule has 4 nitrogen and oxygen atoms in total. The van der Waals surface area contributed by atoms with Crippen LogP contribution in [0, 0.1) is 0 Å². The van der Waals surface area contributed by atoms with E-state index in [1.807, 2.05) is 48.5 Å². The maximum Gasteiger partial charge on any atom is 0.161 e. The van der Waals surface area contributed by atoms with Crippen LogP contribution in [0.5, 0.6) is 23.0 Å². The Hall–Kier alpha value is -3.14. The molecule has 0 spiro atoms. The molecular weight excluding hydrogens is 352 g/mol. The first-order valence-electron chi connectivity index (χ1n) is 9.28. The SMILES string of the molecule is COc1cccc(CCc2ccccc2OCc2ccc(OC)c(OC)c2)c1. The van der Waals surface area contributed by atoms with Crippen molar-refractivity contribution in [2.45, 2.75) is 19.4 Å². The minimum Gasteiger partial charge on any atom is -0.497 e. The van der Waals surface area contributed by atoms with Crippen LogP contribution in [0.2, 0.25) is 0 Å². The Morgan fingerprint density at radius 3 is 2.21 bits per heavy atom. The number of hydrogen-bond acceptors (Lipinski definition) is 4. The summed E-state index contributed by atoms with van der Waals surface area (Å²) in [6.07, 6.45) is 1.82. The van der Waals surface area contributed by atoms with Crippen molar-refractivity contribution >= 4 is 0 Å². The molecule has 0 heterocycles. The van der Waals surface area contributed by atoms with Gasteiger partial charge < -0.3 is 18.9 Å². The molecule has 0 N–H and O–H groups in total. The molecule has 28 heavy (non-hydrogen) atoms. The van der Waals surface area contributed by atoms with Gasteiger partial charge in [-0.2, -0.15) is 0 Å². The number of hydrogen-bond donors (Lipinski definition) is 0. The molecule has 3 rings (SSSR count). The number of rotatable bonds is 9. The largest absolute Gasteiger partial charge is 0.497 e. The van der Waals surface area contributed by atoms with Crippen LogP contribution in [0.25, 0.3) is 0 Å². The van der Waals surface area contributed by atoms with E-state index < -0.39 is 0 Å². The molecule has 0 saturated heterocycles. The fraction of sp³-hybridized carbons (Fsp3) is 0.250. The highest BCUT2D eigenvalue weighted by Gasteiger charge is 2.08. The zero-order chi connectivity index (χ0) is 19.8. The lowest BCUT2D eigenvalue weighted by molar-refractivity contribution is 0.300. The van der Waals surface area contributed by atoms with Gasteiger partial charge in [-0.15, -0.1) is 0 Å². The third-order valence-corrected chi connectivity index (χ3v) is 4.63. The third kappa shape index (κ3) is 4.97. The molecule has 0 saturated carbocycles. The Labute approximate surface area is 166 Å². The molecular formula is C24H26O4. The van der Waals surface area contributed by atoms with Crippen molar-refractivity contribution < 1.29 is 18.9 Å². The summed E-state index contributed by atoms with van der Waals surface area (Å²) >= 11 is 0. The van der Waals surface area contributed by atoms with E-state index in [-0.39, 0.29) is 0 Å².